The number of nitrogens with one attached hydrogen (secondary N) is 1. The SMILES string of the molecule is FC(F)(F)CN1CCC(Nc2c(Br)cccc2Br)CC1. The Balaban J connectivity index is 1.89. The van der Waals surface area contributed by atoms with E-state index in [9.17, 15) is 13.2 Å². The summed E-state index contributed by atoms with van der Waals surface area (Å²) < 4.78 is 38.9. The van der Waals surface area contributed by atoms with Gasteiger partial charge in [-0.1, -0.05) is 6.07 Å². The summed E-state index contributed by atoms with van der Waals surface area (Å²) in [5.74, 6) is 0. The van der Waals surface area contributed by atoms with E-state index in [1.165, 1.54) is 4.90 Å². The molecule has 1 N–H and O–H groups in total. The van der Waals surface area contributed by atoms with Crippen LogP contribution in [0.15, 0.2) is 27.1 Å². The van der Waals surface area contributed by atoms with Crippen LogP contribution in [0.5, 0.6) is 0 Å². The molecule has 2 rings (SSSR count). The highest BCUT2D eigenvalue weighted by molar-refractivity contribution is 9.11. The number of alkyl halides is 3. The molecule has 1 aromatic rings. The number of benzene rings is 1. The molecule has 0 bridgehead atoms. The van der Waals surface area contributed by atoms with Gasteiger partial charge in [0.2, 0.25) is 0 Å². The molecule has 0 unspecified atom stereocenters. The third-order valence-electron chi connectivity index (χ3n) is 3.30. The standard InChI is InChI=1S/C13H15Br2F3N2/c14-10-2-1-3-11(15)12(10)19-9-4-6-20(7-5-9)8-13(16,17)18/h1-3,9,19H,4-8H2. The molecule has 7 heteroatoms. The molecule has 0 radical (unpaired) electrons. The molecule has 1 saturated heterocycles. The average Bonchev–Trinajstić information content (AvgIpc) is 2.34. The Kier molecular flexibility index (Phi) is 5.36. The largest absolute Gasteiger partial charge is 0.401 e. The molecule has 2 nitrogen and oxygen atoms in total. The molecule has 20 heavy (non-hydrogen) atoms. The zero-order valence-electron chi connectivity index (χ0n) is 10.7. The van der Waals surface area contributed by atoms with Gasteiger partial charge in [0, 0.05) is 28.1 Å². The summed E-state index contributed by atoms with van der Waals surface area (Å²) >= 11 is 6.95. The second-order valence-electron chi connectivity index (χ2n) is 4.91. The van der Waals surface area contributed by atoms with Gasteiger partial charge in [0.1, 0.15) is 0 Å². The summed E-state index contributed by atoms with van der Waals surface area (Å²) in [6.45, 7) is 0.136. The minimum absolute atomic E-state index is 0.203. The van der Waals surface area contributed by atoms with Crippen LogP contribution in [0.25, 0.3) is 0 Å². The van der Waals surface area contributed by atoms with Gasteiger partial charge in [0.05, 0.1) is 12.2 Å². The van der Waals surface area contributed by atoms with Crippen LogP contribution in [0.1, 0.15) is 12.8 Å². The molecule has 0 spiro atoms. The highest BCUT2D eigenvalue weighted by atomic mass is 79.9. The lowest BCUT2D eigenvalue weighted by Crippen LogP contribution is -2.43. The molecular formula is C13H15Br2F3N2. The van der Waals surface area contributed by atoms with Crippen LogP contribution in [0.4, 0.5) is 18.9 Å². The minimum atomic E-state index is -4.11. The zero-order chi connectivity index (χ0) is 14.8. The number of nitrogens with zero attached hydrogens (tertiary/aromatic N) is 1. The van der Waals surface area contributed by atoms with E-state index in [-0.39, 0.29) is 6.04 Å². The summed E-state index contributed by atoms with van der Waals surface area (Å²) in [6.07, 6.45) is -2.68. The van der Waals surface area contributed by atoms with E-state index in [1.807, 2.05) is 18.2 Å². The summed E-state index contributed by atoms with van der Waals surface area (Å²) in [4.78, 5) is 1.47. The first-order valence-electron chi connectivity index (χ1n) is 6.35. The summed E-state index contributed by atoms with van der Waals surface area (Å²) in [5, 5.41) is 3.40. The fourth-order valence-electron chi connectivity index (χ4n) is 2.33. The van der Waals surface area contributed by atoms with Crippen molar-refractivity contribution in [3.05, 3.63) is 27.1 Å². The first-order chi connectivity index (χ1) is 9.35. The molecule has 0 saturated carbocycles. The lowest BCUT2D eigenvalue weighted by atomic mass is 10.0. The van der Waals surface area contributed by atoms with Crippen molar-refractivity contribution < 1.29 is 13.2 Å². The zero-order valence-corrected chi connectivity index (χ0v) is 13.9. The Morgan fingerprint density at radius 2 is 1.70 bits per heavy atom. The van der Waals surface area contributed by atoms with Crippen molar-refractivity contribution in [3.63, 3.8) is 0 Å². The molecule has 0 aromatic heterocycles. The Bertz CT molecular complexity index is 437. The third-order valence-corrected chi connectivity index (χ3v) is 4.62. The highest BCUT2D eigenvalue weighted by Crippen LogP contribution is 2.32. The van der Waals surface area contributed by atoms with E-state index >= 15 is 0 Å². The molecule has 0 atom stereocenters. The Morgan fingerprint density at radius 1 is 1.15 bits per heavy atom. The predicted octanol–water partition coefficient (Wildman–Crippen LogP) is 4.65. The van der Waals surface area contributed by atoms with Gasteiger partial charge in [-0.15, -0.1) is 0 Å². The van der Waals surface area contributed by atoms with Crippen LogP contribution in [-0.2, 0) is 0 Å². The number of piperidine rings is 1. The maximum atomic E-state index is 12.3. The maximum absolute atomic E-state index is 12.3. The number of hydrogen-bond acceptors (Lipinski definition) is 2. The molecule has 1 aliphatic rings. The lowest BCUT2D eigenvalue weighted by Gasteiger charge is -2.33. The van der Waals surface area contributed by atoms with Gasteiger partial charge in [0.25, 0.3) is 0 Å². The highest BCUT2D eigenvalue weighted by Gasteiger charge is 2.32. The van der Waals surface area contributed by atoms with Gasteiger partial charge in [-0.05, 0) is 56.8 Å². The van der Waals surface area contributed by atoms with Crippen LogP contribution < -0.4 is 5.32 Å². The maximum Gasteiger partial charge on any atom is 0.401 e. The summed E-state index contributed by atoms with van der Waals surface area (Å²) in [6, 6.07) is 6.00. The van der Waals surface area contributed by atoms with E-state index in [4.69, 9.17) is 0 Å². The molecule has 1 heterocycles. The first-order valence-corrected chi connectivity index (χ1v) is 7.93. The minimum Gasteiger partial charge on any atom is -0.380 e. The van der Waals surface area contributed by atoms with Gasteiger partial charge in [0.15, 0.2) is 0 Å². The van der Waals surface area contributed by atoms with Crippen molar-refractivity contribution in [3.8, 4) is 0 Å². The van der Waals surface area contributed by atoms with E-state index in [2.05, 4.69) is 37.2 Å². The molecule has 0 amide bonds. The second kappa shape index (κ2) is 6.66. The van der Waals surface area contributed by atoms with Crippen molar-refractivity contribution in [2.45, 2.75) is 25.1 Å². The lowest BCUT2D eigenvalue weighted by molar-refractivity contribution is -0.147. The molecule has 1 aliphatic heterocycles. The molecule has 112 valence electrons. The molecule has 1 fully saturated rings. The van der Waals surface area contributed by atoms with Crippen molar-refractivity contribution in [2.75, 3.05) is 25.0 Å². The van der Waals surface area contributed by atoms with E-state index in [0.29, 0.717) is 25.9 Å². The third kappa shape index (κ3) is 4.63. The van der Waals surface area contributed by atoms with E-state index in [0.717, 1.165) is 14.6 Å². The number of anilines is 1. The van der Waals surface area contributed by atoms with Gasteiger partial charge >= 0.3 is 6.18 Å². The van der Waals surface area contributed by atoms with Crippen LogP contribution in [-0.4, -0.2) is 36.8 Å². The van der Waals surface area contributed by atoms with Gasteiger partial charge in [-0.2, -0.15) is 13.2 Å². The van der Waals surface area contributed by atoms with Crippen LogP contribution in [0.3, 0.4) is 0 Å². The Hall–Kier alpha value is -0.270. The first kappa shape index (κ1) is 16.1. The number of rotatable bonds is 3. The van der Waals surface area contributed by atoms with Crippen molar-refractivity contribution in [2.24, 2.45) is 0 Å². The fraction of sp³-hybridized carbons (Fsp3) is 0.538. The fourth-order valence-corrected chi connectivity index (χ4v) is 3.56. The smallest absolute Gasteiger partial charge is 0.380 e. The van der Waals surface area contributed by atoms with Crippen molar-refractivity contribution in [1.29, 1.82) is 0 Å². The van der Waals surface area contributed by atoms with Crippen LogP contribution >= 0.6 is 31.9 Å². The monoisotopic (exact) mass is 414 g/mol. The molecule has 1 aromatic carbocycles. The van der Waals surface area contributed by atoms with E-state index in [1.54, 1.807) is 0 Å². The van der Waals surface area contributed by atoms with Gasteiger partial charge in [-0.3, -0.25) is 4.90 Å². The van der Waals surface area contributed by atoms with Gasteiger partial charge in [-0.25, -0.2) is 0 Å². The molecular weight excluding hydrogens is 401 g/mol. The Morgan fingerprint density at radius 3 is 2.20 bits per heavy atom. The normalized spacial score (nSPS) is 18.2. The number of para-hydroxylation sites is 1. The average molecular weight is 416 g/mol. The van der Waals surface area contributed by atoms with Crippen LogP contribution in [0.2, 0.25) is 0 Å². The predicted molar refractivity (Wildman–Crippen MR) is 81.0 cm³/mol. The number of hydrogen-bond donors (Lipinski definition) is 1. The summed E-state index contributed by atoms with van der Waals surface area (Å²) in [5.41, 5.74) is 0.960. The van der Waals surface area contributed by atoms with E-state index < -0.39 is 12.7 Å². The van der Waals surface area contributed by atoms with Gasteiger partial charge < -0.3 is 5.32 Å². The Labute approximate surface area is 133 Å². The van der Waals surface area contributed by atoms with Crippen LogP contribution in [0, 0.1) is 0 Å². The summed E-state index contributed by atoms with van der Waals surface area (Å²) in [7, 11) is 0. The number of likely N-dealkylation sites (tertiary alicyclic amines) is 1. The number of halogens is 5. The quantitative estimate of drug-likeness (QED) is 0.772. The van der Waals surface area contributed by atoms with Crippen molar-refractivity contribution >= 4 is 37.5 Å². The van der Waals surface area contributed by atoms with Crippen molar-refractivity contribution in [1.82, 2.24) is 4.90 Å². The second-order valence-corrected chi connectivity index (χ2v) is 6.62. The molecule has 0 aliphatic carbocycles. The topological polar surface area (TPSA) is 15.3 Å².